The first-order valence-corrected chi connectivity index (χ1v) is 4.64. The Balaban J connectivity index is 3.43. The van der Waals surface area contributed by atoms with Crippen LogP contribution < -0.4 is 17.2 Å². The van der Waals surface area contributed by atoms with Crippen molar-refractivity contribution >= 4 is 15.8 Å². The van der Waals surface area contributed by atoms with Crippen LogP contribution in [0.3, 0.4) is 0 Å². The molecule has 12 heavy (non-hydrogen) atoms. The summed E-state index contributed by atoms with van der Waals surface area (Å²) in [6, 6.07) is 0. The summed E-state index contributed by atoms with van der Waals surface area (Å²) >= 11 is 0. The molecule has 0 bridgehead atoms. The normalized spacial score (nSPS) is 25.3. The van der Waals surface area contributed by atoms with E-state index in [-0.39, 0.29) is 0 Å². The van der Waals surface area contributed by atoms with Gasteiger partial charge in [-0.3, -0.25) is 5.73 Å². The molecule has 1 rings (SSSR count). The van der Waals surface area contributed by atoms with E-state index >= 15 is 0 Å². The molecule has 4 nitrogen and oxygen atoms in total. The van der Waals surface area contributed by atoms with E-state index in [0.29, 0.717) is 21.3 Å². The first-order valence-electron chi connectivity index (χ1n) is 3.46. The molecule has 1 aliphatic heterocycles. The highest BCUT2D eigenvalue weighted by Crippen LogP contribution is 2.31. The van der Waals surface area contributed by atoms with Gasteiger partial charge in [-0.05, 0) is 30.2 Å². The van der Waals surface area contributed by atoms with Gasteiger partial charge >= 0.3 is 0 Å². The molecule has 0 aliphatic carbocycles. The van der Waals surface area contributed by atoms with E-state index in [1.54, 1.807) is 13.8 Å². The standard InChI is InChI=1S/C7H13N3OS/c1-3-5(8)4(2)12(11)7(10)6(3)9/h11H,8-10H2,1-2H3. The summed E-state index contributed by atoms with van der Waals surface area (Å²) in [5.41, 5.74) is 18.6. The van der Waals surface area contributed by atoms with Crippen LogP contribution in [-0.2, 0) is 0 Å². The molecule has 0 aromatic rings. The van der Waals surface area contributed by atoms with E-state index in [2.05, 4.69) is 0 Å². The number of hydrogen-bond acceptors (Lipinski definition) is 4. The lowest BCUT2D eigenvalue weighted by atomic mass is 10.1. The second-order valence-electron chi connectivity index (χ2n) is 2.66. The lowest BCUT2D eigenvalue weighted by Gasteiger charge is -2.19. The summed E-state index contributed by atoms with van der Waals surface area (Å²) in [5, 5.41) is 0. The molecule has 0 radical (unpaired) electrons. The third kappa shape index (κ3) is 1.16. The van der Waals surface area contributed by atoms with E-state index in [9.17, 15) is 4.55 Å². The SMILES string of the molecule is CC1=C(N)C(N)=S(O)C(C)=C1N. The van der Waals surface area contributed by atoms with E-state index < -0.39 is 10.8 Å². The number of rotatable bonds is 0. The van der Waals surface area contributed by atoms with Crippen molar-refractivity contribution in [2.75, 3.05) is 0 Å². The van der Waals surface area contributed by atoms with Gasteiger partial charge in [-0.25, -0.2) is 0 Å². The summed E-state index contributed by atoms with van der Waals surface area (Å²) < 4.78 is 9.52. The minimum absolute atomic E-state index is 0.319. The first-order chi connectivity index (χ1) is 5.46. The van der Waals surface area contributed by atoms with Crippen molar-refractivity contribution in [1.29, 1.82) is 0 Å². The summed E-state index contributed by atoms with van der Waals surface area (Å²) in [5.74, 6) is 0. The predicted octanol–water partition coefficient (Wildman–Crippen LogP) is 0.253. The molecule has 1 unspecified atom stereocenters. The Kier molecular flexibility index (Phi) is 2.27. The molecule has 1 heterocycles. The number of nitrogens with two attached hydrogens (primary N) is 3. The van der Waals surface area contributed by atoms with Gasteiger partial charge in [0, 0.05) is 10.6 Å². The van der Waals surface area contributed by atoms with Crippen LogP contribution in [0.1, 0.15) is 13.8 Å². The molecule has 0 spiro atoms. The molecule has 0 saturated heterocycles. The fourth-order valence-corrected chi connectivity index (χ4v) is 2.02. The summed E-state index contributed by atoms with van der Waals surface area (Å²) in [6.45, 7) is 3.54. The van der Waals surface area contributed by atoms with Crippen LogP contribution in [0, 0.1) is 0 Å². The van der Waals surface area contributed by atoms with Crippen molar-refractivity contribution in [2.45, 2.75) is 13.8 Å². The zero-order chi connectivity index (χ0) is 9.46. The molecule has 0 amide bonds. The van der Waals surface area contributed by atoms with Crippen LogP contribution >= 0.6 is 10.8 Å². The third-order valence-electron chi connectivity index (χ3n) is 1.95. The van der Waals surface area contributed by atoms with Gasteiger partial charge in [-0.1, -0.05) is 0 Å². The quantitative estimate of drug-likeness (QED) is 0.409. The third-order valence-corrected chi connectivity index (χ3v) is 3.39. The molecule has 5 heteroatoms. The first kappa shape index (κ1) is 9.31. The number of hydrogen-bond donors (Lipinski definition) is 4. The maximum absolute atomic E-state index is 9.52. The predicted molar refractivity (Wildman–Crippen MR) is 53.2 cm³/mol. The van der Waals surface area contributed by atoms with E-state index in [1.165, 1.54) is 0 Å². The molecule has 0 saturated carbocycles. The zero-order valence-electron chi connectivity index (χ0n) is 7.09. The van der Waals surface area contributed by atoms with Crippen LogP contribution in [0.4, 0.5) is 0 Å². The Morgan fingerprint density at radius 2 is 1.58 bits per heavy atom. The molecule has 1 atom stereocenters. The summed E-state index contributed by atoms with van der Waals surface area (Å²) in [6.07, 6.45) is 0. The van der Waals surface area contributed by atoms with Crippen molar-refractivity contribution < 1.29 is 4.55 Å². The van der Waals surface area contributed by atoms with Crippen LogP contribution in [0.25, 0.3) is 0 Å². The lowest BCUT2D eigenvalue weighted by Crippen LogP contribution is -2.27. The highest BCUT2D eigenvalue weighted by atomic mass is 32.2. The van der Waals surface area contributed by atoms with E-state index in [0.717, 1.165) is 5.57 Å². The van der Waals surface area contributed by atoms with Crippen LogP contribution in [-0.4, -0.2) is 9.54 Å². The monoisotopic (exact) mass is 187 g/mol. The largest absolute Gasteiger partial charge is 0.398 e. The van der Waals surface area contributed by atoms with Gasteiger partial charge in [0.2, 0.25) is 0 Å². The fraction of sp³-hybridized carbons (Fsp3) is 0.286. The summed E-state index contributed by atoms with van der Waals surface area (Å²) in [4.78, 5) is 1.01. The van der Waals surface area contributed by atoms with Gasteiger partial charge in [0.25, 0.3) is 0 Å². The number of allylic oxidation sites excluding steroid dienone is 2. The maximum atomic E-state index is 9.52. The molecular weight excluding hydrogens is 174 g/mol. The topological polar surface area (TPSA) is 98.3 Å². The second kappa shape index (κ2) is 2.93. The van der Waals surface area contributed by atoms with Gasteiger partial charge in [0.1, 0.15) is 0 Å². The highest BCUT2D eigenvalue weighted by Gasteiger charge is 2.17. The summed E-state index contributed by atoms with van der Waals surface area (Å²) in [7, 11) is -1.09. The van der Waals surface area contributed by atoms with Gasteiger partial charge in [-0.15, -0.1) is 0 Å². The lowest BCUT2D eigenvalue weighted by molar-refractivity contribution is 0.664. The van der Waals surface area contributed by atoms with Crippen LogP contribution in [0.2, 0.25) is 0 Å². The second-order valence-corrected chi connectivity index (χ2v) is 4.28. The van der Waals surface area contributed by atoms with E-state index in [4.69, 9.17) is 17.2 Å². The Labute approximate surface area is 73.9 Å². The van der Waals surface area contributed by atoms with Crippen molar-refractivity contribution in [3.63, 3.8) is 0 Å². The van der Waals surface area contributed by atoms with Crippen molar-refractivity contribution in [2.24, 2.45) is 17.2 Å². The molecule has 1 aliphatic rings. The van der Waals surface area contributed by atoms with Gasteiger partial charge in [0.05, 0.1) is 10.7 Å². The molecule has 0 aromatic carbocycles. The minimum Gasteiger partial charge on any atom is -0.398 e. The van der Waals surface area contributed by atoms with Crippen LogP contribution in [0.5, 0.6) is 0 Å². The van der Waals surface area contributed by atoms with Crippen LogP contribution in [0.15, 0.2) is 21.9 Å². The molecule has 68 valence electrons. The molecule has 7 N–H and O–H groups in total. The zero-order valence-corrected chi connectivity index (χ0v) is 7.90. The highest BCUT2D eigenvalue weighted by molar-refractivity contribution is 8.14. The Morgan fingerprint density at radius 1 is 1.08 bits per heavy atom. The van der Waals surface area contributed by atoms with E-state index in [1.807, 2.05) is 0 Å². The molecular formula is C7H13N3OS. The van der Waals surface area contributed by atoms with Crippen molar-refractivity contribution in [3.8, 4) is 0 Å². The Morgan fingerprint density at radius 3 is 2.08 bits per heavy atom. The van der Waals surface area contributed by atoms with Gasteiger partial charge < -0.3 is 16.0 Å². The van der Waals surface area contributed by atoms with Crippen molar-refractivity contribution in [3.05, 3.63) is 21.9 Å². The Hall–Kier alpha value is -0.780. The average molecular weight is 187 g/mol. The maximum Gasteiger partial charge on any atom is 0.0893 e. The molecule has 0 aromatic heterocycles. The fourth-order valence-electron chi connectivity index (χ4n) is 0.967. The average Bonchev–Trinajstić information content (AvgIpc) is 2.08. The van der Waals surface area contributed by atoms with Crippen molar-refractivity contribution in [1.82, 2.24) is 0 Å². The van der Waals surface area contributed by atoms with Gasteiger partial charge in [-0.2, -0.15) is 0 Å². The Bertz CT molecular complexity index is 229. The smallest absolute Gasteiger partial charge is 0.0893 e. The minimum atomic E-state index is -1.09. The van der Waals surface area contributed by atoms with Gasteiger partial charge in [0.15, 0.2) is 0 Å². The molecule has 0 fully saturated rings.